The van der Waals surface area contributed by atoms with E-state index in [0.717, 1.165) is 24.8 Å². The van der Waals surface area contributed by atoms with Crippen molar-refractivity contribution in [3.05, 3.63) is 75.4 Å². The van der Waals surface area contributed by atoms with Gasteiger partial charge >= 0.3 is 0 Å². The lowest BCUT2D eigenvalue weighted by molar-refractivity contribution is 0.102. The van der Waals surface area contributed by atoms with Crippen LogP contribution in [0.2, 0.25) is 5.02 Å². The van der Waals surface area contributed by atoms with Crippen molar-refractivity contribution in [2.45, 2.75) is 40.0 Å². The molecule has 32 heavy (non-hydrogen) atoms. The number of pyridine rings is 1. The Morgan fingerprint density at radius 2 is 1.78 bits per heavy atom. The van der Waals surface area contributed by atoms with E-state index in [1.807, 2.05) is 12.1 Å². The average molecular weight is 468 g/mol. The first kappa shape index (κ1) is 22.5. The molecule has 1 aliphatic rings. The molecule has 1 unspecified atom stereocenters. The van der Waals surface area contributed by atoms with Crippen LogP contribution in [0, 0.1) is 11.3 Å². The van der Waals surface area contributed by atoms with E-state index >= 15 is 0 Å². The van der Waals surface area contributed by atoms with Gasteiger partial charge in [0.2, 0.25) is 0 Å². The number of nitrogens with one attached hydrogen (secondary N) is 2. The SMILES string of the molecule is CC(C)(C)C1CCc2c(sc(NC(=O)c3ccncc3)c2C(=O)Nc2ccccc2Cl)C1. The lowest BCUT2D eigenvalue weighted by atomic mass is 9.72. The number of carbonyl (C=O) groups excluding carboxylic acids is 2. The van der Waals surface area contributed by atoms with Gasteiger partial charge in [-0.3, -0.25) is 14.6 Å². The minimum absolute atomic E-state index is 0.183. The summed E-state index contributed by atoms with van der Waals surface area (Å²) >= 11 is 7.77. The minimum atomic E-state index is -0.259. The third kappa shape index (κ3) is 4.71. The van der Waals surface area contributed by atoms with E-state index in [1.165, 1.54) is 16.2 Å². The van der Waals surface area contributed by atoms with Crippen LogP contribution in [0.1, 0.15) is 58.3 Å². The van der Waals surface area contributed by atoms with Crippen LogP contribution in [-0.4, -0.2) is 16.8 Å². The third-order valence-corrected chi connectivity index (χ3v) is 7.51. The van der Waals surface area contributed by atoms with Crippen LogP contribution < -0.4 is 10.6 Å². The predicted octanol–water partition coefficient (Wildman–Crippen LogP) is 6.45. The van der Waals surface area contributed by atoms with Gasteiger partial charge in [0.1, 0.15) is 5.00 Å². The molecule has 0 bridgehead atoms. The summed E-state index contributed by atoms with van der Waals surface area (Å²) in [7, 11) is 0. The summed E-state index contributed by atoms with van der Waals surface area (Å²) in [4.78, 5) is 31.4. The number of rotatable bonds is 4. The van der Waals surface area contributed by atoms with Crippen LogP contribution in [0.15, 0.2) is 48.8 Å². The van der Waals surface area contributed by atoms with E-state index in [0.29, 0.717) is 32.8 Å². The summed E-state index contributed by atoms with van der Waals surface area (Å²) < 4.78 is 0. The Labute approximate surface area is 197 Å². The number of benzene rings is 1. The molecule has 0 saturated carbocycles. The highest BCUT2D eigenvalue weighted by molar-refractivity contribution is 7.17. The van der Waals surface area contributed by atoms with Gasteiger partial charge in [0.05, 0.1) is 16.3 Å². The van der Waals surface area contributed by atoms with Gasteiger partial charge in [0, 0.05) is 22.8 Å². The Morgan fingerprint density at radius 3 is 2.47 bits per heavy atom. The van der Waals surface area contributed by atoms with Crippen molar-refractivity contribution in [1.29, 1.82) is 0 Å². The maximum atomic E-state index is 13.4. The van der Waals surface area contributed by atoms with E-state index in [4.69, 9.17) is 11.6 Å². The van der Waals surface area contributed by atoms with Gasteiger partial charge in [-0.25, -0.2) is 0 Å². The molecule has 1 atom stereocenters. The third-order valence-electron chi connectivity index (χ3n) is 6.01. The Bertz CT molecular complexity index is 1150. The number of anilines is 2. The van der Waals surface area contributed by atoms with E-state index in [9.17, 15) is 9.59 Å². The van der Waals surface area contributed by atoms with Crippen molar-refractivity contribution >= 4 is 45.4 Å². The van der Waals surface area contributed by atoms with Crippen molar-refractivity contribution in [2.75, 3.05) is 10.6 Å². The van der Waals surface area contributed by atoms with E-state index in [1.54, 1.807) is 36.7 Å². The topological polar surface area (TPSA) is 71.1 Å². The summed E-state index contributed by atoms with van der Waals surface area (Å²) in [6.07, 6.45) is 5.88. The lowest BCUT2D eigenvalue weighted by Gasteiger charge is -2.33. The maximum absolute atomic E-state index is 13.4. The van der Waals surface area contributed by atoms with Crippen molar-refractivity contribution in [1.82, 2.24) is 4.98 Å². The summed E-state index contributed by atoms with van der Waals surface area (Å²) in [5, 5.41) is 6.96. The first-order valence-electron chi connectivity index (χ1n) is 10.7. The molecule has 4 rings (SSSR count). The van der Waals surface area contributed by atoms with Crippen molar-refractivity contribution in [2.24, 2.45) is 11.3 Å². The summed E-state index contributed by atoms with van der Waals surface area (Å²) in [6.45, 7) is 6.77. The number of para-hydroxylation sites is 1. The summed E-state index contributed by atoms with van der Waals surface area (Å²) in [6, 6.07) is 10.5. The number of halogens is 1. The number of aromatic nitrogens is 1. The van der Waals surface area contributed by atoms with Crippen LogP contribution in [0.3, 0.4) is 0 Å². The molecule has 2 heterocycles. The molecule has 0 aliphatic heterocycles. The van der Waals surface area contributed by atoms with Crippen molar-refractivity contribution in [3.8, 4) is 0 Å². The first-order chi connectivity index (χ1) is 15.2. The monoisotopic (exact) mass is 467 g/mol. The highest BCUT2D eigenvalue weighted by atomic mass is 35.5. The minimum Gasteiger partial charge on any atom is -0.321 e. The Hall–Kier alpha value is -2.70. The fraction of sp³-hybridized carbons (Fsp3) is 0.320. The molecule has 2 amide bonds. The summed E-state index contributed by atoms with van der Waals surface area (Å²) in [5.74, 6) is 0.0110. The highest BCUT2D eigenvalue weighted by Gasteiger charge is 2.34. The van der Waals surface area contributed by atoms with Crippen LogP contribution >= 0.6 is 22.9 Å². The normalized spacial score (nSPS) is 15.7. The fourth-order valence-corrected chi connectivity index (χ4v) is 5.58. The number of carbonyl (C=O) groups is 2. The molecular weight excluding hydrogens is 442 g/mol. The molecule has 0 radical (unpaired) electrons. The molecule has 1 aromatic carbocycles. The average Bonchev–Trinajstić information content (AvgIpc) is 3.12. The molecule has 0 fully saturated rings. The van der Waals surface area contributed by atoms with Gasteiger partial charge in [0.15, 0.2) is 0 Å². The molecule has 3 aromatic rings. The Morgan fingerprint density at radius 1 is 1.06 bits per heavy atom. The predicted molar refractivity (Wildman–Crippen MR) is 131 cm³/mol. The smallest absolute Gasteiger partial charge is 0.258 e. The molecule has 7 heteroatoms. The zero-order valence-electron chi connectivity index (χ0n) is 18.4. The van der Waals surface area contributed by atoms with Crippen LogP contribution in [0.4, 0.5) is 10.7 Å². The lowest BCUT2D eigenvalue weighted by Crippen LogP contribution is -2.27. The second-order valence-corrected chi connectivity index (χ2v) is 10.7. The molecule has 5 nitrogen and oxygen atoms in total. The van der Waals surface area contributed by atoms with Gasteiger partial charge in [-0.1, -0.05) is 44.5 Å². The van der Waals surface area contributed by atoms with E-state index in [-0.39, 0.29) is 17.2 Å². The number of hydrogen-bond donors (Lipinski definition) is 2. The molecule has 0 spiro atoms. The molecular formula is C25H26ClN3O2S. The van der Waals surface area contributed by atoms with E-state index < -0.39 is 0 Å². The Balaban J connectivity index is 1.70. The molecule has 0 saturated heterocycles. The van der Waals surface area contributed by atoms with Gasteiger partial charge in [0.25, 0.3) is 11.8 Å². The van der Waals surface area contributed by atoms with Crippen molar-refractivity contribution < 1.29 is 9.59 Å². The van der Waals surface area contributed by atoms with Gasteiger partial charge in [-0.05, 0) is 60.4 Å². The quantitative estimate of drug-likeness (QED) is 0.463. The number of nitrogens with zero attached hydrogens (tertiary/aromatic N) is 1. The zero-order valence-corrected chi connectivity index (χ0v) is 19.9. The molecule has 2 N–H and O–H groups in total. The number of hydrogen-bond acceptors (Lipinski definition) is 4. The van der Waals surface area contributed by atoms with Crippen LogP contribution in [-0.2, 0) is 12.8 Å². The molecule has 166 valence electrons. The van der Waals surface area contributed by atoms with Crippen molar-refractivity contribution in [3.63, 3.8) is 0 Å². The van der Waals surface area contributed by atoms with Crippen LogP contribution in [0.5, 0.6) is 0 Å². The highest BCUT2D eigenvalue weighted by Crippen LogP contribution is 2.44. The second-order valence-electron chi connectivity index (χ2n) is 9.14. The maximum Gasteiger partial charge on any atom is 0.258 e. The number of thiophene rings is 1. The fourth-order valence-electron chi connectivity index (χ4n) is 4.08. The van der Waals surface area contributed by atoms with Gasteiger partial charge in [-0.2, -0.15) is 0 Å². The number of fused-ring (bicyclic) bond motifs is 1. The number of amides is 2. The van der Waals surface area contributed by atoms with Gasteiger partial charge < -0.3 is 10.6 Å². The largest absolute Gasteiger partial charge is 0.321 e. The second kappa shape index (κ2) is 9.04. The van der Waals surface area contributed by atoms with E-state index in [2.05, 4.69) is 36.4 Å². The zero-order chi connectivity index (χ0) is 22.9. The van der Waals surface area contributed by atoms with Gasteiger partial charge in [-0.15, -0.1) is 11.3 Å². The molecule has 2 aromatic heterocycles. The standard InChI is InChI=1S/C25H26ClN3O2S/c1-25(2,3)16-8-9-17-20(14-16)32-24(29-22(30)15-10-12-27-13-11-15)21(17)23(31)28-19-7-5-4-6-18(19)26/h4-7,10-13,16H,8-9,14H2,1-3H3,(H,28,31)(H,29,30). The summed E-state index contributed by atoms with van der Waals surface area (Å²) in [5.41, 5.74) is 2.80. The van der Waals surface area contributed by atoms with Crippen LogP contribution in [0.25, 0.3) is 0 Å². The Kier molecular flexibility index (Phi) is 6.35. The molecule has 1 aliphatic carbocycles. The first-order valence-corrected chi connectivity index (χ1v) is 11.8.